The third-order valence-electron chi connectivity index (χ3n) is 4.80. The predicted molar refractivity (Wildman–Crippen MR) is 123 cm³/mol. The van der Waals surface area contributed by atoms with Crippen LogP contribution in [0, 0.1) is 0 Å². The van der Waals surface area contributed by atoms with Crippen molar-refractivity contribution in [3.8, 4) is 17.0 Å². The number of aromatic nitrogens is 2. The lowest BCUT2D eigenvalue weighted by molar-refractivity contribution is 0.0954. The van der Waals surface area contributed by atoms with Crippen LogP contribution in [0.25, 0.3) is 11.3 Å². The molecule has 0 aliphatic heterocycles. The molecule has 2 aromatic carbocycles. The molecule has 1 aromatic heterocycles. The first kappa shape index (κ1) is 21.8. The van der Waals surface area contributed by atoms with Gasteiger partial charge in [0, 0.05) is 22.6 Å². The summed E-state index contributed by atoms with van der Waals surface area (Å²) in [5.74, 6) is -0.317. The zero-order chi connectivity index (χ0) is 22.1. The van der Waals surface area contributed by atoms with E-state index >= 15 is 0 Å². The van der Waals surface area contributed by atoms with E-state index in [2.05, 4.69) is 64.5 Å². The molecule has 1 amide bonds. The lowest BCUT2D eigenvalue weighted by Crippen LogP contribution is -2.19. The zero-order valence-corrected chi connectivity index (χ0v) is 19.3. The first-order valence-electron chi connectivity index (χ1n) is 9.55. The van der Waals surface area contributed by atoms with Gasteiger partial charge in [-0.3, -0.25) is 9.48 Å². The molecule has 0 bridgehead atoms. The number of rotatable bonds is 4. The van der Waals surface area contributed by atoms with Gasteiger partial charge in [0.15, 0.2) is 11.4 Å². The molecule has 3 rings (SSSR count). The second-order valence-electron chi connectivity index (χ2n) is 8.15. The van der Waals surface area contributed by atoms with Gasteiger partial charge in [-0.05, 0) is 36.1 Å². The molecule has 0 saturated heterocycles. The standard InChI is InChI=1S/C23H25BrN4O2/c1-14(25-26-22(30)16-7-6-8-18(24)13-16)19-21(29)20(28(5)27-19)15-9-11-17(12-10-15)23(2,3)4/h6-13,29H,1-5H3,(H,26,30). The maximum Gasteiger partial charge on any atom is 0.271 e. The van der Waals surface area contributed by atoms with Crippen LogP contribution in [0.3, 0.4) is 0 Å². The van der Waals surface area contributed by atoms with Crippen molar-refractivity contribution in [1.82, 2.24) is 15.2 Å². The van der Waals surface area contributed by atoms with E-state index < -0.39 is 0 Å². The highest BCUT2D eigenvalue weighted by Gasteiger charge is 2.20. The predicted octanol–water partition coefficient (Wildman–Crippen LogP) is 5.01. The van der Waals surface area contributed by atoms with Crippen molar-refractivity contribution in [1.29, 1.82) is 0 Å². The molecule has 0 unspecified atom stereocenters. The fourth-order valence-electron chi connectivity index (χ4n) is 3.09. The number of nitrogens with zero attached hydrogens (tertiary/aromatic N) is 3. The lowest BCUT2D eigenvalue weighted by atomic mass is 9.86. The Hall–Kier alpha value is -2.93. The third kappa shape index (κ3) is 4.62. The Morgan fingerprint density at radius 3 is 2.43 bits per heavy atom. The minimum atomic E-state index is -0.343. The summed E-state index contributed by atoms with van der Waals surface area (Å²) in [5.41, 5.74) is 6.43. The molecule has 0 aliphatic rings. The smallest absolute Gasteiger partial charge is 0.271 e. The maximum absolute atomic E-state index is 12.3. The van der Waals surface area contributed by atoms with Gasteiger partial charge in [0.05, 0.1) is 5.71 Å². The van der Waals surface area contributed by atoms with E-state index in [-0.39, 0.29) is 17.1 Å². The van der Waals surface area contributed by atoms with E-state index in [0.29, 0.717) is 22.7 Å². The summed E-state index contributed by atoms with van der Waals surface area (Å²) < 4.78 is 2.42. The van der Waals surface area contributed by atoms with Crippen molar-refractivity contribution in [2.75, 3.05) is 0 Å². The summed E-state index contributed by atoms with van der Waals surface area (Å²) in [6, 6.07) is 15.1. The number of aryl methyl sites for hydroxylation is 1. The molecule has 0 saturated carbocycles. The molecule has 0 atom stereocenters. The van der Waals surface area contributed by atoms with Crippen molar-refractivity contribution in [3.63, 3.8) is 0 Å². The fourth-order valence-corrected chi connectivity index (χ4v) is 3.49. The molecule has 156 valence electrons. The molecule has 0 fully saturated rings. The highest BCUT2D eigenvalue weighted by Crippen LogP contribution is 2.33. The van der Waals surface area contributed by atoms with Gasteiger partial charge in [0.2, 0.25) is 0 Å². The van der Waals surface area contributed by atoms with E-state index in [4.69, 9.17) is 0 Å². The second-order valence-corrected chi connectivity index (χ2v) is 9.06. The number of hydrazone groups is 1. The fraction of sp³-hybridized carbons (Fsp3) is 0.261. The number of carbonyl (C=O) groups is 1. The summed E-state index contributed by atoms with van der Waals surface area (Å²) in [6.45, 7) is 8.16. The minimum Gasteiger partial charge on any atom is -0.504 e. The maximum atomic E-state index is 12.3. The Labute approximate surface area is 184 Å². The molecular formula is C23H25BrN4O2. The third-order valence-corrected chi connectivity index (χ3v) is 5.29. The average molecular weight is 469 g/mol. The molecule has 0 radical (unpaired) electrons. The minimum absolute atomic E-state index is 0.0268. The van der Waals surface area contributed by atoms with Crippen LogP contribution in [-0.4, -0.2) is 26.5 Å². The first-order valence-corrected chi connectivity index (χ1v) is 10.3. The molecule has 6 nitrogen and oxygen atoms in total. The van der Waals surface area contributed by atoms with Gasteiger partial charge >= 0.3 is 0 Å². The molecule has 0 spiro atoms. The van der Waals surface area contributed by atoms with E-state index in [9.17, 15) is 9.90 Å². The van der Waals surface area contributed by atoms with Gasteiger partial charge in [-0.1, -0.05) is 67.0 Å². The molecule has 0 aliphatic carbocycles. The molecule has 2 N–H and O–H groups in total. The van der Waals surface area contributed by atoms with Crippen LogP contribution in [0.15, 0.2) is 58.1 Å². The van der Waals surface area contributed by atoms with Crippen molar-refractivity contribution in [2.45, 2.75) is 33.1 Å². The van der Waals surface area contributed by atoms with Crippen molar-refractivity contribution in [2.24, 2.45) is 12.1 Å². The van der Waals surface area contributed by atoms with Crippen molar-refractivity contribution in [3.05, 3.63) is 69.8 Å². The van der Waals surface area contributed by atoms with Crippen LogP contribution in [-0.2, 0) is 12.5 Å². The summed E-state index contributed by atoms with van der Waals surface area (Å²) >= 11 is 3.34. The number of hydrogen-bond acceptors (Lipinski definition) is 4. The summed E-state index contributed by atoms with van der Waals surface area (Å²) in [6.07, 6.45) is 0. The van der Waals surface area contributed by atoms with E-state index in [1.807, 2.05) is 18.2 Å². The van der Waals surface area contributed by atoms with E-state index in [1.54, 1.807) is 36.9 Å². The Balaban J connectivity index is 1.85. The quantitative estimate of drug-likeness (QED) is 0.417. The average Bonchev–Trinajstić information content (AvgIpc) is 2.99. The van der Waals surface area contributed by atoms with Crippen LogP contribution in [0.2, 0.25) is 0 Å². The number of halogens is 1. The first-order chi connectivity index (χ1) is 14.1. The molecule has 30 heavy (non-hydrogen) atoms. The number of nitrogens with one attached hydrogen (secondary N) is 1. The van der Waals surface area contributed by atoms with Gasteiger partial charge in [0.1, 0.15) is 5.69 Å². The Kier molecular flexibility index (Phi) is 6.12. The molecule has 1 heterocycles. The normalized spacial score (nSPS) is 12.1. The monoisotopic (exact) mass is 468 g/mol. The van der Waals surface area contributed by atoms with Crippen LogP contribution < -0.4 is 5.43 Å². The number of amides is 1. The van der Waals surface area contributed by atoms with Crippen molar-refractivity contribution < 1.29 is 9.90 Å². The highest BCUT2D eigenvalue weighted by molar-refractivity contribution is 9.10. The van der Waals surface area contributed by atoms with Gasteiger partial charge in [0.25, 0.3) is 5.91 Å². The van der Waals surface area contributed by atoms with Crippen molar-refractivity contribution >= 4 is 27.5 Å². The Bertz CT molecular complexity index is 1110. The van der Waals surface area contributed by atoms with Gasteiger partial charge < -0.3 is 5.11 Å². The molecule has 7 heteroatoms. The van der Waals surface area contributed by atoms with Crippen LogP contribution in [0.4, 0.5) is 0 Å². The number of hydrogen-bond donors (Lipinski definition) is 2. The van der Waals surface area contributed by atoms with Crippen LogP contribution in [0.1, 0.15) is 49.3 Å². The SMILES string of the molecule is CC(=NNC(=O)c1cccc(Br)c1)c1nn(C)c(-c2ccc(C(C)(C)C)cc2)c1O. The second kappa shape index (κ2) is 8.44. The van der Waals surface area contributed by atoms with Crippen LogP contribution >= 0.6 is 15.9 Å². The van der Waals surface area contributed by atoms with E-state index in [0.717, 1.165) is 10.0 Å². The summed E-state index contributed by atoms with van der Waals surface area (Å²) in [7, 11) is 1.77. The summed E-state index contributed by atoms with van der Waals surface area (Å²) in [5, 5.41) is 19.3. The highest BCUT2D eigenvalue weighted by atomic mass is 79.9. The topological polar surface area (TPSA) is 79.5 Å². The van der Waals surface area contributed by atoms with E-state index in [1.165, 1.54) is 5.56 Å². The Morgan fingerprint density at radius 2 is 1.83 bits per heavy atom. The lowest BCUT2D eigenvalue weighted by Gasteiger charge is -2.19. The van der Waals surface area contributed by atoms with Crippen LogP contribution in [0.5, 0.6) is 5.75 Å². The largest absolute Gasteiger partial charge is 0.504 e. The molecular weight excluding hydrogens is 444 g/mol. The number of carbonyl (C=O) groups excluding carboxylic acids is 1. The van der Waals surface area contributed by atoms with Gasteiger partial charge in [-0.25, -0.2) is 5.43 Å². The van der Waals surface area contributed by atoms with Gasteiger partial charge in [-0.2, -0.15) is 10.2 Å². The number of benzene rings is 2. The summed E-state index contributed by atoms with van der Waals surface area (Å²) in [4.78, 5) is 12.3. The zero-order valence-electron chi connectivity index (χ0n) is 17.7. The molecule has 3 aromatic rings. The number of aromatic hydroxyl groups is 1. The van der Waals surface area contributed by atoms with Gasteiger partial charge in [-0.15, -0.1) is 0 Å². The Morgan fingerprint density at radius 1 is 1.17 bits per heavy atom.